The van der Waals surface area contributed by atoms with E-state index in [9.17, 15) is 13.2 Å². The molecule has 2 N–H and O–H groups in total. The normalized spacial score (nSPS) is 22.9. The lowest BCUT2D eigenvalue weighted by molar-refractivity contribution is -0.0270. The van der Waals surface area contributed by atoms with Gasteiger partial charge in [0.2, 0.25) is 5.95 Å². The summed E-state index contributed by atoms with van der Waals surface area (Å²) in [7, 11) is 1.46. The second-order valence-corrected chi connectivity index (χ2v) is 7.69. The fourth-order valence-electron chi connectivity index (χ4n) is 3.80. The van der Waals surface area contributed by atoms with E-state index in [4.69, 9.17) is 4.74 Å². The molecule has 0 saturated carbocycles. The van der Waals surface area contributed by atoms with Crippen molar-refractivity contribution in [3.63, 3.8) is 0 Å². The van der Waals surface area contributed by atoms with Gasteiger partial charge >= 0.3 is 0 Å². The number of nitrogens with one attached hydrogen (secondary N) is 2. The number of alkyl halides is 3. The lowest BCUT2D eigenvalue weighted by Gasteiger charge is -2.39. The van der Waals surface area contributed by atoms with Crippen molar-refractivity contribution in [2.45, 2.75) is 24.6 Å². The minimum Gasteiger partial charge on any atom is -0.493 e. The van der Waals surface area contributed by atoms with Crippen LogP contribution in [0.25, 0.3) is 17.0 Å². The molecule has 164 valence electrons. The fourth-order valence-corrected chi connectivity index (χ4v) is 3.80. The Kier molecular flexibility index (Phi) is 4.80. The molecule has 0 aliphatic carbocycles. The number of ether oxygens (including phenoxy) is 1. The third-order valence-electron chi connectivity index (χ3n) is 5.43. The Bertz CT molecular complexity index is 1100. The van der Waals surface area contributed by atoms with E-state index >= 15 is 0 Å². The van der Waals surface area contributed by atoms with Crippen LogP contribution < -0.4 is 20.3 Å². The van der Waals surface area contributed by atoms with Gasteiger partial charge in [0.1, 0.15) is 11.9 Å². The highest BCUT2D eigenvalue weighted by atomic mass is 19.3. The van der Waals surface area contributed by atoms with Gasteiger partial charge in [-0.1, -0.05) is 0 Å². The largest absolute Gasteiger partial charge is 0.493 e. The number of imidazole rings is 1. The maximum Gasteiger partial charge on any atom is 0.282 e. The molecule has 9 nitrogen and oxygen atoms in total. The molecule has 0 aromatic carbocycles. The summed E-state index contributed by atoms with van der Waals surface area (Å²) in [4.78, 5) is 14.5. The van der Waals surface area contributed by atoms with E-state index in [0.29, 0.717) is 54.1 Å². The van der Waals surface area contributed by atoms with E-state index in [0.717, 1.165) is 0 Å². The first-order valence-electron chi connectivity index (χ1n) is 9.94. The zero-order valence-corrected chi connectivity index (χ0v) is 16.7. The molecule has 2 atom stereocenters. The van der Waals surface area contributed by atoms with Crippen molar-refractivity contribution < 1.29 is 17.9 Å². The van der Waals surface area contributed by atoms with Gasteiger partial charge in [-0.15, -0.1) is 5.10 Å². The molecule has 5 rings (SSSR count). The first-order valence-corrected chi connectivity index (χ1v) is 9.94. The van der Waals surface area contributed by atoms with Crippen LogP contribution in [-0.2, 0) is 0 Å². The van der Waals surface area contributed by atoms with Gasteiger partial charge in [0.05, 0.1) is 38.1 Å². The average Bonchev–Trinajstić information content (AvgIpc) is 3.16. The van der Waals surface area contributed by atoms with Gasteiger partial charge in [-0.2, -0.15) is 0 Å². The topological polar surface area (TPSA) is 92.5 Å². The Morgan fingerprint density at radius 3 is 2.87 bits per heavy atom. The first kappa shape index (κ1) is 19.8. The number of hydrogen-bond donors (Lipinski definition) is 2. The Hall–Kier alpha value is -3.15. The predicted octanol–water partition coefficient (Wildman–Crippen LogP) is 1.76. The molecule has 2 aliphatic rings. The minimum atomic E-state index is -2.74. The molecule has 2 saturated heterocycles. The number of anilines is 2. The molecule has 5 heterocycles. The van der Waals surface area contributed by atoms with E-state index in [2.05, 4.69) is 30.7 Å². The maximum atomic E-state index is 14.1. The third-order valence-corrected chi connectivity index (χ3v) is 5.43. The molecule has 0 amide bonds. The molecule has 0 spiro atoms. The van der Waals surface area contributed by atoms with E-state index < -0.39 is 31.2 Å². The summed E-state index contributed by atoms with van der Waals surface area (Å²) < 4.78 is 47.8. The predicted molar refractivity (Wildman–Crippen MR) is 108 cm³/mol. The van der Waals surface area contributed by atoms with Gasteiger partial charge in [0.15, 0.2) is 17.2 Å². The third kappa shape index (κ3) is 3.71. The summed E-state index contributed by atoms with van der Waals surface area (Å²) in [5, 5.41) is 10.7. The Balaban J connectivity index is 1.47. The summed E-state index contributed by atoms with van der Waals surface area (Å²) in [5.74, 6) is -1.78. The summed E-state index contributed by atoms with van der Waals surface area (Å²) >= 11 is 0. The molecular formula is C19H21F3N8O. The zero-order chi connectivity index (χ0) is 21.6. The van der Waals surface area contributed by atoms with E-state index in [1.807, 2.05) is 0 Å². The second-order valence-electron chi connectivity index (χ2n) is 7.69. The summed E-state index contributed by atoms with van der Waals surface area (Å²) in [6.45, 7) is 0.276. The van der Waals surface area contributed by atoms with Gasteiger partial charge < -0.3 is 20.3 Å². The van der Waals surface area contributed by atoms with Crippen LogP contribution in [0.3, 0.4) is 0 Å². The average molecular weight is 434 g/mol. The molecule has 31 heavy (non-hydrogen) atoms. The maximum absolute atomic E-state index is 14.1. The van der Waals surface area contributed by atoms with Gasteiger partial charge in [-0.3, -0.25) is 0 Å². The molecule has 12 heteroatoms. The van der Waals surface area contributed by atoms with E-state index in [1.54, 1.807) is 24.5 Å². The van der Waals surface area contributed by atoms with Crippen LogP contribution in [0.4, 0.5) is 24.9 Å². The number of rotatable bonds is 5. The first-order chi connectivity index (χ1) is 14.9. The number of piperidine rings is 1. The van der Waals surface area contributed by atoms with Crippen molar-refractivity contribution in [1.82, 2.24) is 29.9 Å². The van der Waals surface area contributed by atoms with Gasteiger partial charge in [0.25, 0.3) is 5.92 Å². The van der Waals surface area contributed by atoms with Crippen LogP contribution in [-0.4, -0.2) is 76.0 Å². The number of nitrogens with zero attached hydrogens (tertiary/aromatic N) is 6. The molecule has 3 aromatic heterocycles. The molecule has 0 radical (unpaired) electrons. The van der Waals surface area contributed by atoms with Crippen LogP contribution in [0, 0.1) is 0 Å². The molecule has 3 aromatic rings. The fraction of sp³-hybridized carbons (Fsp3) is 0.474. The summed E-state index contributed by atoms with van der Waals surface area (Å²) in [6, 6.07) is 2.90. The van der Waals surface area contributed by atoms with Crippen LogP contribution in [0.15, 0.2) is 24.5 Å². The Morgan fingerprint density at radius 1 is 1.29 bits per heavy atom. The number of methoxy groups -OCH3 is 1. The SMILES string of the molecule is COc1cc2ncc(-c3ccnc(NC4CNCCC4F)n3)n2nc1N1CC(F)(F)C1. The standard InChI is InChI=1S/C19H21F3N8O/c1-31-15-6-16-25-8-14(30(16)28-17(15)29-9-19(21,22)10-29)12-3-5-24-18(26-12)27-13-7-23-4-2-11(13)20/h3,5-6,8,11,13,23H,2,4,7,9-10H2,1H3,(H,24,26,27). The number of hydrogen-bond acceptors (Lipinski definition) is 8. The van der Waals surface area contributed by atoms with Gasteiger partial charge in [-0.05, 0) is 19.0 Å². The van der Waals surface area contributed by atoms with Gasteiger partial charge in [-0.25, -0.2) is 32.6 Å². The van der Waals surface area contributed by atoms with Crippen molar-refractivity contribution in [3.8, 4) is 17.1 Å². The molecule has 2 aliphatic heterocycles. The van der Waals surface area contributed by atoms with Crippen molar-refractivity contribution >= 4 is 17.4 Å². The number of aromatic nitrogens is 5. The highest BCUT2D eigenvalue weighted by molar-refractivity contribution is 5.65. The lowest BCUT2D eigenvalue weighted by Crippen LogP contribution is -2.56. The molecule has 2 unspecified atom stereocenters. The lowest BCUT2D eigenvalue weighted by atomic mass is 10.1. The molecule has 2 fully saturated rings. The highest BCUT2D eigenvalue weighted by Gasteiger charge is 2.45. The zero-order valence-electron chi connectivity index (χ0n) is 16.7. The Morgan fingerprint density at radius 2 is 2.13 bits per heavy atom. The van der Waals surface area contributed by atoms with E-state index in [-0.39, 0.29) is 0 Å². The van der Waals surface area contributed by atoms with Gasteiger partial charge in [0, 0.05) is 18.8 Å². The number of halogens is 3. The Labute approximate surface area is 175 Å². The molecule has 0 bridgehead atoms. The second kappa shape index (κ2) is 7.52. The quantitative estimate of drug-likeness (QED) is 0.628. The van der Waals surface area contributed by atoms with Crippen molar-refractivity contribution in [2.75, 3.05) is 43.5 Å². The van der Waals surface area contributed by atoms with Crippen LogP contribution in [0.1, 0.15) is 6.42 Å². The van der Waals surface area contributed by atoms with Crippen LogP contribution in [0.5, 0.6) is 5.75 Å². The van der Waals surface area contributed by atoms with Crippen LogP contribution in [0.2, 0.25) is 0 Å². The van der Waals surface area contributed by atoms with Crippen LogP contribution >= 0.6 is 0 Å². The number of fused-ring (bicyclic) bond motifs is 1. The molecular weight excluding hydrogens is 413 g/mol. The van der Waals surface area contributed by atoms with Crippen molar-refractivity contribution in [3.05, 3.63) is 24.5 Å². The minimum absolute atomic E-state index is 0.292. The van der Waals surface area contributed by atoms with Crippen molar-refractivity contribution in [2.24, 2.45) is 0 Å². The summed E-state index contributed by atoms with van der Waals surface area (Å²) in [6.07, 6.45) is 2.58. The van der Waals surface area contributed by atoms with Crippen molar-refractivity contribution in [1.29, 1.82) is 0 Å². The monoisotopic (exact) mass is 434 g/mol. The van der Waals surface area contributed by atoms with E-state index in [1.165, 1.54) is 16.5 Å². The highest BCUT2D eigenvalue weighted by Crippen LogP contribution is 2.36. The smallest absolute Gasteiger partial charge is 0.282 e. The summed E-state index contributed by atoms with van der Waals surface area (Å²) in [5.41, 5.74) is 1.55.